The van der Waals surface area contributed by atoms with Crippen LogP contribution in [0.25, 0.3) is 0 Å². The van der Waals surface area contributed by atoms with E-state index in [1.807, 2.05) is 25.1 Å². The quantitative estimate of drug-likeness (QED) is 0.834. The average Bonchev–Trinajstić information content (AvgIpc) is 2.66. The lowest BCUT2D eigenvalue weighted by molar-refractivity contribution is -0.121. The summed E-state index contributed by atoms with van der Waals surface area (Å²) in [6.45, 7) is 2.64. The summed E-state index contributed by atoms with van der Waals surface area (Å²) in [6, 6.07) is 9.09. The number of anilines is 1. The number of benzene rings is 1. The number of rotatable bonds is 5. The zero-order valence-electron chi connectivity index (χ0n) is 10.9. The molecule has 1 saturated heterocycles. The number of carbonyl (C=O) groups excluding carboxylic acids is 2. The molecule has 2 N–H and O–H groups in total. The molecule has 0 bridgehead atoms. The van der Waals surface area contributed by atoms with E-state index in [1.165, 1.54) is 4.90 Å². The first kappa shape index (κ1) is 14.1. The molecule has 1 aliphatic heterocycles. The zero-order chi connectivity index (χ0) is 13.8. The first-order valence-electron chi connectivity index (χ1n) is 6.41. The van der Waals surface area contributed by atoms with Crippen molar-refractivity contribution in [3.8, 4) is 0 Å². The zero-order valence-corrected chi connectivity index (χ0v) is 11.7. The summed E-state index contributed by atoms with van der Waals surface area (Å²) >= 11 is 1.55. The number of hydrogen-bond donors (Lipinski definition) is 1. The van der Waals surface area contributed by atoms with Gasteiger partial charge >= 0.3 is 0 Å². The predicted molar refractivity (Wildman–Crippen MR) is 78.1 cm³/mol. The molecule has 2 unspecified atom stereocenters. The van der Waals surface area contributed by atoms with Gasteiger partial charge in [-0.1, -0.05) is 25.1 Å². The Kier molecular flexibility index (Phi) is 4.61. The van der Waals surface area contributed by atoms with Crippen LogP contribution in [0.1, 0.15) is 19.8 Å². The van der Waals surface area contributed by atoms with E-state index in [1.54, 1.807) is 23.9 Å². The molecule has 2 rings (SSSR count). The van der Waals surface area contributed by atoms with Crippen molar-refractivity contribution in [2.45, 2.75) is 30.3 Å². The van der Waals surface area contributed by atoms with Crippen LogP contribution in [0, 0.1) is 0 Å². The highest BCUT2D eigenvalue weighted by molar-refractivity contribution is 8.01. The fourth-order valence-corrected chi connectivity index (χ4v) is 3.44. The van der Waals surface area contributed by atoms with Gasteiger partial charge in [-0.3, -0.25) is 9.59 Å². The predicted octanol–water partition coefficient (Wildman–Crippen LogP) is 1.79. The van der Waals surface area contributed by atoms with Gasteiger partial charge in [-0.15, -0.1) is 11.8 Å². The number of imide groups is 1. The van der Waals surface area contributed by atoms with Crippen molar-refractivity contribution >= 4 is 29.3 Å². The average molecular weight is 278 g/mol. The fourth-order valence-electron chi connectivity index (χ4n) is 2.14. The second-order valence-corrected chi connectivity index (χ2v) is 6.27. The van der Waals surface area contributed by atoms with Crippen LogP contribution in [0.5, 0.6) is 0 Å². The number of thioether (sulfide) groups is 1. The molecule has 102 valence electrons. The molecule has 2 amide bonds. The van der Waals surface area contributed by atoms with Gasteiger partial charge in [0.2, 0.25) is 11.8 Å². The first-order valence-corrected chi connectivity index (χ1v) is 7.35. The summed E-state index contributed by atoms with van der Waals surface area (Å²) < 4.78 is 0. The molecule has 1 aromatic rings. The van der Waals surface area contributed by atoms with Gasteiger partial charge in [0.15, 0.2) is 0 Å². The highest BCUT2D eigenvalue weighted by Crippen LogP contribution is 2.32. The van der Waals surface area contributed by atoms with E-state index < -0.39 is 0 Å². The van der Waals surface area contributed by atoms with E-state index in [9.17, 15) is 9.59 Å². The van der Waals surface area contributed by atoms with Crippen LogP contribution in [0.2, 0.25) is 0 Å². The Morgan fingerprint density at radius 3 is 2.68 bits per heavy atom. The molecule has 0 spiro atoms. The summed E-state index contributed by atoms with van der Waals surface area (Å²) in [7, 11) is 0. The van der Waals surface area contributed by atoms with Crippen LogP contribution in [0.3, 0.4) is 0 Å². The second-order valence-electron chi connectivity index (χ2n) is 4.62. The molecular weight excluding hydrogens is 260 g/mol. The summed E-state index contributed by atoms with van der Waals surface area (Å²) in [5, 5.41) is 0.0247. The molecule has 0 aliphatic carbocycles. The normalized spacial score (nSPS) is 20.9. The summed E-state index contributed by atoms with van der Waals surface area (Å²) in [5.41, 5.74) is 6.17. The van der Waals surface area contributed by atoms with Gasteiger partial charge in [-0.2, -0.15) is 0 Å². The summed E-state index contributed by atoms with van der Waals surface area (Å²) in [4.78, 5) is 25.6. The molecule has 0 aromatic heterocycles. The highest BCUT2D eigenvalue weighted by Gasteiger charge is 2.40. The Labute approximate surface area is 117 Å². The molecule has 1 fully saturated rings. The molecule has 2 atom stereocenters. The topological polar surface area (TPSA) is 63.4 Å². The lowest BCUT2D eigenvalue weighted by Crippen LogP contribution is -2.31. The third-order valence-electron chi connectivity index (χ3n) is 3.09. The van der Waals surface area contributed by atoms with Gasteiger partial charge in [-0.25, -0.2) is 4.90 Å². The van der Waals surface area contributed by atoms with Crippen LogP contribution in [0.15, 0.2) is 30.3 Å². The minimum absolute atomic E-state index is 0.106. The van der Waals surface area contributed by atoms with Gasteiger partial charge in [0, 0.05) is 11.7 Å². The van der Waals surface area contributed by atoms with Crippen molar-refractivity contribution in [3.05, 3.63) is 30.3 Å². The third kappa shape index (κ3) is 3.16. The van der Waals surface area contributed by atoms with Gasteiger partial charge in [0.05, 0.1) is 10.9 Å². The highest BCUT2D eigenvalue weighted by atomic mass is 32.2. The Morgan fingerprint density at radius 1 is 1.37 bits per heavy atom. The van der Waals surface area contributed by atoms with E-state index in [0.717, 1.165) is 6.42 Å². The van der Waals surface area contributed by atoms with Crippen LogP contribution in [0.4, 0.5) is 5.69 Å². The second kappa shape index (κ2) is 6.21. The number of amides is 2. The molecule has 4 nitrogen and oxygen atoms in total. The standard InChI is InChI=1S/C14H18N2O2S/c1-10(7-8-15)19-12-9-13(17)16(14(12)18)11-5-3-2-4-6-11/h2-6,10,12H,7-9,15H2,1H3. The molecule has 19 heavy (non-hydrogen) atoms. The minimum atomic E-state index is -0.269. The molecule has 1 aromatic carbocycles. The largest absolute Gasteiger partial charge is 0.330 e. The molecule has 1 aliphatic rings. The van der Waals surface area contributed by atoms with E-state index in [0.29, 0.717) is 17.5 Å². The maximum Gasteiger partial charge on any atom is 0.247 e. The van der Waals surface area contributed by atoms with Gasteiger partial charge in [-0.05, 0) is 25.1 Å². The Balaban J connectivity index is 2.09. The maximum atomic E-state index is 12.3. The third-order valence-corrected chi connectivity index (χ3v) is 4.49. The number of carbonyl (C=O) groups is 2. The summed E-state index contributed by atoms with van der Waals surface area (Å²) in [6.07, 6.45) is 1.14. The fraction of sp³-hybridized carbons (Fsp3) is 0.429. The van der Waals surface area contributed by atoms with Gasteiger partial charge in [0.25, 0.3) is 0 Å². The first-order chi connectivity index (χ1) is 9.13. The minimum Gasteiger partial charge on any atom is -0.330 e. The van der Waals surface area contributed by atoms with Crippen molar-refractivity contribution in [1.82, 2.24) is 0 Å². The SMILES string of the molecule is CC(CCN)SC1CC(=O)N(c2ccccc2)C1=O. The Hall–Kier alpha value is -1.33. The Morgan fingerprint density at radius 2 is 2.05 bits per heavy atom. The lowest BCUT2D eigenvalue weighted by Gasteiger charge is -2.16. The number of nitrogens with two attached hydrogens (primary N) is 1. The number of para-hydroxylation sites is 1. The van der Waals surface area contributed by atoms with Gasteiger partial charge in [0.1, 0.15) is 0 Å². The van der Waals surface area contributed by atoms with Crippen molar-refractivity contribution in [3.63, 3.8) is 0 Å². The molecular formula is C14H18N2O2S. The monoisotopic (exact) mass is 278 g/mol. The number of nitrogens with zero attached hydrogens (tertiary/aromatic N) is 1. The van der Waals surface area contributed by atoms with E-state index >= 15 is 0 Å². The molecule has 0 saturated carbocycles. The van der Waals surface area contributed by atoms with Crippen LogP contribution < -0.4 is 10.6 Å². The van der Waals surface area contributed by atoms with Crippen LogP contribution in [-0.4, -0.2) is 28.9 Å². The smallest absolute Gasteiger partial charge is 0.247 e. The van der Waals surface area contributed by atoms with Crippen molar-refractivity contribution in [2.24, 2.45) is 5.73 Å². The molecule has 0 radical (unpaired) electrons. The van der Waals surface area contributed by atoms with Crippen molar-refractivity contribution in [1.29, 1.82) is 0 Å². The summed E-state index contributed by atoms with van der Waals surface area (Å²) in [5.74, 6) is -0.223. The van der Waals surface area contributed by atoms with Crippen molar-refractivity contribution < 1.29 is 9.59 Å². The molecule has 5 heteroatoms. The van der Waals surface area contributed by atoms with E-state index in [4.69, 9.17) is 5.73 Å². The number of hydrogen-bond acceptors (Lipinski definition) is 4. The lowest BCUT2D eigenvalue weighted by atomic mass is 10.3. The molecule has 1 heterocycles. The van der Waals surface area contributed by atoms with Crippen molar-refractivity contribution in [2.75, 3.05) is 11.4 Å². The van der Waals surface area contributed by atoms with Gasteiger partial charge < -0.3 is 5.73 Å². The van der Waals surface area contributed by atoms with Crippen LogP contribution in [-0.2, 0) is 9.59 Å². The van der Waals surface area contributed by atoms with E-state index in [-0.39, 0.29) is 23.5 Å². The Bertz CT molecular complexity index is 464. The maximum absolute atomic E-state index is 12.3. The van der Waals surface area contributed by atoms with Crippen LogP contribution >= 0.6 is 11.8 Å². The van der Waals surface area contributed by atoms with E-state index in [2.05, 4.69) is 0 Å².